The Kier molecular flexibility index (Phi) is 4.55. The van der Waals surface area contributed by atoms with Crippen molar-refractivity contribution >= 4 is 62.3 Å². The molecule has 3 heteroatoms. The van der Waals surface area contributed by atoms with E-state index in [1.54, 1.807) is 5.19 Å². The van der Waals surface area contributed by atoms with Gasteiger partial charge in [-0.25, -0.2) is 4.57 Å². The van der Waals surface area contributed by atoms with E-state index in [0.29, 0.717) is 0 Å². The van der Waals surface area contributed by atoms with Crippen LogP contribution in [0.15, 0.2) is 48.7 Å². The molecule has 0 amide bonds. The van der Waals surface area contributed by atoms with E-state index in [4.69, 9.17) is 0 Å². The molecule has 0 bridgehead atoms. The highest BCUT2D eigenvalue weighted by atomic mass is 28.3. The third-order valence-corrected chi connectivity index (χ3v) is 9.94. The maximum Gasteiger partial charge on any atom is 0.224 e. The van der Waals surface area contributed by atoms with Crippen LogP contribution in [0.1, 0.15) is 37.5 Å². The molecule has 0 spiro atoms. The number of hydrogen-bond acceptors (Lipinski definition) is 0. The quantitative estimate of drug-likeness (QED) is 0.105. The first kappa shape index (κ1) is 22.5. The Morgan fingerprint density at radius 3 is 2.29 bits per heavy atom. The molecule has 0 aliphatic rings. The first-order valence-electron chi connectivity index (χ1n) is 12.9. The molecule has 6 aromatic rings. The zero-order valence-corrected chi connectivity index (χ0v) is 23.7. The summed E-state index contributed by atoms with van der Waals surface area (Å²) in [6, 6.07) is 16.7. The minimum Gasteiger partial charge on any atom is -0.308 e. The molecule has 0 N–H and O–H groups in total. The second-order valence-electron chi connectivity index (χ2n) is 13.0. The number of aromatic nitrogens is 2. The first-order chi connectivity index (χ1) is 16.4. The minimum atomic E-state index is -1.63. The molecule has 6 rings (SSSR count). The summed E-state index contributed by atoms with van der Waals surface area (Å²) in [5.41, 5.74) is 9.98. The van der Waals surface area contributed by atoms with Crippen LogP contribution in [0.2, 0.25) is 19.6 Å². The van der Waals surface area contributed by atoms with Crippen molar-refractivity contribution in [2.24, 2.45) is 12.5 Å². The van der Waals surface area contributed by atoms with Crippen LogP contribution in [0.5, 0.6) is 0 Å². The summed E-state index contributed by atoms with van der Waals surface area (Å²) >= 11 is 0. The SMILES string of the molecule is Cc1cc2c3ccc(CC(C)(C)C)cc3n3c4c([Si](C)(C)C)ccc5cc[n+](C)c(c(c1C)c23)c54. The number of fused-ring (bicyclic) bond motifs is 5. The molecular formula is C32H37N2Si+. The van der Waals surface area contributed by atoms with E-state index in [0.717, 1.165) is 6.42 Å². The van der Waals surface area contributed by atoms with Crippen molar-refractivity contribution in [2.45, 2.75) is 60.7 Å². The highest BCUT2D eigenvalue weighted by Crippen LogP contribution is 2.42. The third kappa shape index (κ3) is 3.17. The van der Waals surface area contributed by atoms with Crippen molar-refractivity contribution in [3.63, 3.8) is 0 Å². The van der Waals surface area contributed by atoms with Crippen LogP contribution >= 0.6 is 0 Å². The van der Waals surface area contributed by atoms with Crippen molar-refractivity contribution in [3.05, 3.63) is 65.4 Å². The summed E-state index contributed by atoms with van der Waals surface area (Å²) in [5.74, 6) is 0. The summed E-state index contributed by atoms with van der Waals surface area (Å²) in [7, 11) is 0.588. The standard InChI is InChI=1S/C32H37N2Si/c1-19-16-24-23-12-10-21(18-32(3,4)5)17-25(23)34-29(24)27(20(19)2)31-28-22(14-15-33(31)6)11-13-26(30(28)34)35(7,8)9/h10-17H,18H2,1-9H3/q+1. The van der Waals surface area contributed by atoms with E-state index in [9.17, 15) is 0 Å². The maximum absolute atomic E-state index is 2.65. The second kappa shape index (κ2) is 7.07. The van der Waals surface area contributed by atoms with E-state index >= 15 is 0 Å². The minimum absolute atomic E-state index is 0.254. The lowest BCUT2D eigenvalue weighted by Gasteiger charge is -2.23. The number of benzene rings is 3. The molecule has 35 heavy (non-hydrogen) atoms. The van der Waals surface area contributed by atoms with Gasteiger partial charge in [-0.15, -0.1) is 0 Å². The number of pyridine rings is 2. The van der Waals surface area contributed by atoms with Crippen LogP contribution in [-0.2, 0) is 13.5 Å². The summed E-state index contributed by atoms with van der Waals surface area (Å²) in [6.45, 7) is 19.0. The smallest absolute Gasteiger partial charge is 0.224 e. The summed E-state index contributed by atoms with van der Waals surface area (Å²) in [5, 5.41) is 8.45. The molecule has 0 aliphatic heterocycles. The third-order valence-electron chi connectivity index (χ3n) is 7.92. The van der Waals surface area contributed by atoms with Gasteiger partial charge in [-0.1, -0.05) is 64.7 Å². The topological polar surface area (TPSA) is 8.29 Å². The molecule has 0 fully saturated rings. The predicted octanol–water partition coefficient (Wildman–Crippen LogP) is 7.57. The molecule has 3 heterocycles. The fourth-order valence-corrected chi connectivity index (χ4v) is 7.80. The van der Waals surface area contributed by atoms with E-state index in [1.807, 2.05) is 0 Å². The zero-order chi connectivity index (χ0) is 25.0. The first-order valence-corrected chi connectivity index (χ1v) is 16.4. The highest BCUT2D eigenvalue weighted by molar-refractivity contribution is 6.90. The number of rotatable bonds is 2. The van der Waals surface area contributed by atoms with E-state index in [2.05, 4.69) is 119 Å². The molecular weight excluding hydrogens is 440 g/mol. The van der Waals surface area contributed by atoms with Crippen LogP contribution in [0.4, 0.5) is 0 Å². The average Bonchev–Trinajstić information content (AvgIpc) is 3.06. The van der Waals surface area contributed by atoms with Gasteiger partial charge in [0.05, 0.1) is 35.4 Å². The summed E-state index contributed by atoms with van der Waals surface area (Å²) < 4.78 is 5.01. The molecule has 3 aromatic heterocycles. The zero-order valence-electron chi connectivity index (χ0n) is 22.7. The lowest BCUT2D eigenvalue weighted by Crippen LogP contribution is -2.39. The van der Waals surface area contributed by atoms with Gasteiger partial charge in [0.2, 0.25) is 5.52 Å². The highest BCUT2D eigenvalue weighted by Gasteiger charge is 2.29. The van der Waals surface area contributed by atoms with E-state index < -0.39 is 8.07 Å². The lowest BCUT2D eigenvalue weighted by molar-refractivity contribution is -0.643. The van der Waals surface area contributed by atoms with Gasteiger partial charge in [0.25, 0.3) is 0 Å². The fraction of sp³-hybridized carbons (Fsp3) is 0.344. The molecule has 0 atom stereocenters. The van der Waals surface area contributed by atoms with Gasteiger partial charge < -0.3 is 4.40 Å². The second-order valence-corrected chi connectivity index (χ2v) is 18.0. The monoisotopic (exact) mass is 477 g/mol. The summed E-state index contributed by atoms with van der Waals surface area (Å²) in [4.78, 5) is 0. The van der Waals surface area contributed by atoms with Crippen LogP contribution in [0, 0.1) is 19.3 Å². The van der Waals surface area contributed by atoms with Crippen LogP contribution in [-0.4, -0.2) is 12.5 Å². The van der Waals surface area contributed by atoms with Crippen molar-refractivity contribution < 1.29 is 4.57 Å². The van der Waals surface area contributed by atoms with Gasteiger partial charge in [-0.05, 0) is 65.1 Å². The Morgan fingerprint density at radius 2 is 1.60 bits per heavy atom. The van der Waals surface area contributed by atoms with Gasteiger partial charge >= 0.3 is 0 Å². The van der Waals surface area contributed by atoms with Gasteiger partial charge in [0, 0.05) is 16.8 Å². The van der Waals surface area contributed by atoms with Crippen LogP contribution < -0.4 is 9.75 Å². The number of aryl methyl sites for hydroxylation is 3. The van der Waals surface area contributed by atoms with Crippen molar-refractivity contribution in [3.8, 4) is 0 Å². The molecule has 0 unspecified atom stereocenters. The summed E-state index contributed by atoms with van der Waals surface area (Å²) in [6.07, 6.45) is 3.31. The Labute approximate surface area is 209 Å². The predicted molar refractivity (Wildman–Crippen MR) is 155 cm³/mol. The Bertz CT molecular complexity index is 1810. The Hall–Kier alpha value is -2.91. The molecule has 0 aliphatic carbocycles. The van der Waals surface area contributed by atoms with Crippen molar-refractivity contribution in [2.75, 3.05) is 0 Å². The van der Waals surface area contributed by atoms with Gasteiger partial charge in [-0.2, -0.15) is 0 Å². The Morgan fingerprint density at radius 1 is 0.857 bits per heavy atom. The molecule has 178 valence electrons. The van der Waals surface area contributed by atoms with E-state index in [-0.39, 0.29) is 5.41 Å². The maximum atomic E-state index is 2.65. The van der Waals surface area contributed by atoms with Crippen molar-refractivity contribution in [1.29, 1.82) is 0 Å². The average molecular weight is 478 g/mol. The van der Waals surface area contributed by atoms with Gasteiger partial charge in [0.15, 0.2) is 6.20 Å². The number of hydrogen-bond donors (Lipinski definition) is 0. The lowest BCUT2D eigenvalue weighted by atomic mass is 9.88. The largest absolute Gasteiger partial charge is 0.308 e. The molecule has 3 aromatic carbocycles. The van der Waals surface area contributed by atoms with E-state index in [1.165, 1.54) is 65.7 Å². The molecule has 0 radical (unpaired) electrons. The molecule has 0 saturated heterocycles. The van der Waals surface area contributed by atoms with Gasteiger partial charge in [-0.3, -0.25) is 0 Å². The number of nitrogens with zero attached hydrogens (tertiary/aromatic N) is 2. The van der Waals surface area contributed by atoms with Gasteiger partial charge in [0.1, 0.15) is 7.05 Å². The normalized spacial score (nSPS) is 13.4. The molecule has 0 saturated carbocycles. The van der Waals surface area contributed by atoms with Crippen LogP contribution in [0.25, 0.3) is 49.0 Å². The Balaban J connectivity index is 2.00. The fourth-order valence-electron chi connectivity index (χ4n) is 6.27. The molecule has 2 nitrogen and oxygen atoms in total. The van der Waals surface area contributed by atoms with Crippen molar-refractivity contribution in [1.82, 2.24) is 4.40 Å². The van der Waals surface area contributed by atoms with Crippen LogP contribution in [0.3, 0.4) is 0 Å².